The van der Waals surface area contributed by atoms with E-state index in [9.17, 15) is 9.59 Å². The molecule has 20 heavy (non-hydrogen) atoms. The van der Waals surface area contributed by atoms with Crippen LogP contribution in [0.4, 0.5) is 4.79 Å². The number of amides is 2. The fraction of sp³-hybridized carbons (Fsp3) is 0.333. The van der Waals surface area contributed by atoms with Crippen LogP contribution >= 0.6 is 0 Å². The average molecular weight is 274 g/mol. The van der Waals surface area contributed by atoms with Gasteiger partial charge < -0.3 is 14.5 Å². The highest BCUT2D eigenvalue weighted by Gasteiger charge is 2.22. The van der Waals surface area contributed by atoms with E-state index in [1.165, 1.54) is 6.08 Å². The van der Waals surface area contributed by atoms with Crippen molar-refractivity contribution in [1.29, 1.82) is 0 Å². The Hall–Kier alpha value is -2.30. The number of carbonyl (C=O) groups excluding carboxylic acids is 2. The van der Waals surface area contributed by atoms with Crippen molar-refractivity contribution in [2.75, 3.05) is 26.2 Å². The van der Waals surface area contributed by atoms with Crippen LogP contribution in [0.3, 0.4) is 0 Å². The highest BCUT2D eigenvalue weighted by molar-refractivity contribution is 5.87. The first kappa shape index (κ1) is 14.1. The molecule has 1 aliphatic heterocycles. The summed E-state index contributed by atoms with van der Waals surface area (Å²) in [6.07, 6.45) is 1.67. The highest BCUT2D eigenvalue weighted by Crippen LogP contribution is 2.12. The Labute approximate surface area is 118 Å². The van der Waals surface area contributed by atoms with Crippen molar-refractivity contribution >= 4 is 12.0 Å². The van der Waals surface area contributed by atoms with E-state index in [0.717, 1.165) is 6.42 Å². The van der Waals surface area contributed by atoms with Gasteiger partial charge in [0, 0.05) is 26.2 Å². The van der Waals surface area contributed by atoms with E-state index in [-0.39, 0.29) is 12.0 Å². The van der Waals surface area contributed by atoms with Crippen LogP contribution in [0.2, 0.25) is 0 Å². The lowest BCUT2D eigenvalue weighted by atomic mass is 10.3. The van der Waals surface area contributed by atoms with Gasteiger partial charge in [0.1, 0.15) is 5.75 Å². The molecule has 1 aromatic carbocycles. The zero-order valence-corrected chi connectivity index (χ0v) is 11.3. The molecule has 5 heteroatoms. The van der Waals surface area contributed by atoms with Crippen LogP contribution < -0.4 is 4.74 Å². The summed E-state index contributed by atoms with van der Waals surface area (Å²) in [5, 5.41) is 0. The summed E-state index contributed by atoms with van der Waals surface area (Å²) >= 11 is 0. The molecule has 0 saturated carbocycles. The lowest BCUT2D eigenvalue weighted by Crippen LogP contribution is -2.38. The first-order valence-electron chi connectivity index (χ1n) is 6.64. The topological polar surface area (TPSA) is 49.9 Å². The molecule has 0 spiro atoms. The molecule has 2 amide bonds. The van der Waals surface area contributed by atoms with E-state index in [1.54, 1.807) is 21.9 Å². The summed E-state index contributed by atoms with van der Waals surface area (Å²) in [7, 11) is 0. The lowest BCUT2D eigenvalue weighted by Gasteiger charge is -2.20. The normalized spacial score (nSPS) is 15.4. The van der Waals surface area contributed by atoms with Gasteiger partial charge in [-0.2, -0.15) is 0 Å². The van der Waals surface area contributed by atoms with Crippen LogP contribution in [0, 0.1) is 0 Å². The van der Waals surface area contributed by atoms with E-state index >= 15 is 0 Å². The molecule has 1 fully saturated rings. The average Bonchev–Trinajstić information content (AvgIpc) is 2.73. The van der Waals surface area contributed by atoms with E-state index < -0.39 is 0 Å². The molecular weight excluding hydrogens is 256 g/mol. The monoisotopic (exact) mass is 274 g/mol. The summed E-state index contributed by atoms with van der Waals surface area (Å²) in [6.45, 7) is 5.69. The minimum atomic E-state index is -0.371. The van der Waals surface area contributed by atoms with Gasteiger partial charge in [-0.05, 0) is 24.6 Å². The number of rotatable bonds is 2. The second-order valence-corrected chi connectivity index (χ2v) is 4.55. The van der Waals surface area contributed by atoms with E-state index in [2.05, 4.69) is 6.58 Å². The third kappa shape index (κ3) is 3.60. The smallest absolute Gasteiger partial charge is 0.410 e. The van der Waals surface area contributed by atoms with E-state index in [0.29, 0.717) is 31.9 Å². The predicted molar refractivity (Wildman–Crippen MR) is 75.4 cm³/mol. The highest BCUT2D eigenvalue weighted by atomic mass is 16.6. The third-order valence-electron chi connectivity index (χ3n) is 3.19. The molecular formula is C15H18N2O3. The van der Waals surface area contributed by atoms with Crippen LogP contribution in [-0.2, 0) is 4.79 Å². The molecule has 1 saturated heterocycles. The Morgan fingerprint density at radius 1 is 1.05 bits per heavy atom. The van der Waals surface area contributed by atoms with Crippen molar-refractivity contribution in [3.63, 3.8) is 0 Å². The van der Waals surface area contributed by atoms with Crippen molar-refractivity contribution in [1.82, 2.24) is 9.80 Å². The van der Waals surface area contributed by atoms with Crippen LogP contribution in [0.1, 0.15) is 6.42 Å². The lowest BCUT2D eigenvalue weighted by molar-refractivity contribution is -0.125. The fourth-order valence-corrected chi connectivity index (χ4v) is 2.10. The van der Waals surface area contributed by atoms with Gasteiger partial charge in [-0.3, -0.25) is 4.79 Å². The molecule has 0 aromatic heterocycles. The van der Waals surface area contributed by atoms with Gasteiger partial charge in [0.2, 0.25) is 5.91 Å². The van der Waals surface area contributed by atoms with Crippen LogP contribution in [0.5, 0.6) is 5.75 Å². The van der Waals surface area contributed by atoms with Gasteiger partial charge in [-0.25, -0.2) is 4.79 Å². The van der Waals surface area contributed by atoms with Crippen LogP contribution in [0.15, 0.2) is 43.0 Å². The number of benzene rings is 1. The summed E-state index contributed by atoms with van der Waals surface area (Å²) < 4.78 is 5.29. The van der Waals surface area contributed by atoms with Gasteiger partial charge in [-0.15, -0.1) is 0 Å². The quantitative estimate of drug-likeness (QED) is 0.774. The van der Waals surface area contributed by atoms with Gasteiger partial charge in [0.05, 0.1) is 0 Å². The predicted octanol–water partition coefficient (Wildman–Crippen LogP) is 1.91. The summed E-state index contributed by atoms with van der Waals surface area (Å²) in [5.41, 5.74) is 0. The Morgan fingerprint density at radius 3 is 2.40 bits per heavy atom. The minimum Gasteiger partial charge on any atom is -0.410 e. The Kier molecular flexibility index (Phi) is 4.76. The first-order chi connectivity index (χ1) is 9.70. The van der Waals surface area contributed by atoms with Gasteiger partial charge in [-0.1, -0.05) is 24.8 Å². The largest absolute Gasteiger partial charge is 0.415 e. The molecule has 1 aromatic rings. The summed E-state index contributed by atoms with van der Waals surface area (Å²) in [6, 6.07) is 8.97. The molecule has 0 radical (unpaired) electrons. The molecule has 0 bridgehead atoms. The van der Waals surface area contributed by atoms with Crippen molar-refractivity contribution in [2.45, 2.75) is 6.42 Å². The van der Waals surface area contributed by atoms with Crippen molar-refractivity contribution in [3.05, 3.63) is 43.0 Å². The van der Waals surface area contributed by atoms with Crippen LogP contribution in [0.25, 0.3) is 0 Å². The molecule has 0 N–H and O–H groups in total. The molecule has 2 rings (SSSR count). The SMILES string of the molecule is C=CC(=O)N1CCCN(C(=O)Oc2ccccc2)CC1. The number of carbonyl (C=O) groups is 2. The molecule has 1 heterocycles. The van der Waals surface area contributed by atoms with E-state index in [4.69, 9.17) is 4.74 Å². The Bertz CT molecular complexity index is 487. The molecule has 5 nitrogen and oxygen atoms in total. The number of hydrogen-bond donors (Lipinski definition) is 0. The maximum atomic E-state index is 12.0. The molecule has 106 valence electrons. The van der Waals surface area contributed by atoms with Gasteiger partial charge in [0.25, 0.3) is 0 Å². The molecule has 1 aliphatic rings. The zero-order valence-electron chi connectivity index (χ0n) is 11.3. The summed E-state index contributed by atoms with van der Waals surface area (Å²) in [4.78, 5) is 26.9. The first-order valence-corrected chi connectivity index (χ1v) is 6.64. The second kappa shape index (κ2) is 6.75. The Morgan fingerprint density at radius 2 is 1.70 bits per heavy atom. The standard InChI is InChI=1S/C15H18N2O3/c1-2-14(18)16-9-6-10-17(12-11-16)15(19)20-13-7-4-3-5-8-13/h2-5,7-8H,1,6,9-12H2. The zero-order chi connectivity index (χ0) is 14.4. The molecule has 0 atom stereocenters. The van der Waals surface area contributed by atoms with Crippen molar-refractivity contribution < 1.29 is 14.3 Å². The molecule has 0 aliphatic carbocycles. The maximum absolute atomic E-state index is 12.0. The summed E-state index contributed by atoms with van der Waals surface area (Å²) in [5.74, 6) is 0.434. The molecule has 0 unspecified atom stereocenters. The van der Waals surface area contributed by atoms with Crippen LogP contribution in [-0.4, -0.2) is 48.0 Å². The maximum Gasteiger partial charge on any atom is 0.415 e. The van der Waals surface area contributed by atoms with Gasteiger partial charge >= 0.3 is 6.09 Å². The number of ether oxygens (including phenoxy) is 1. The number of nitrogens with zero attached hydrogens (tertiary/aromatic N) is 2. The van der Waals surface area contributed by atoms with Crippen molar-refractivity contribution in [2.24, 2.45) is 0 Å². The Balaban J connectivity index is 1.91. The van der Waals surface area contributed by atoms with E-state index in [1.807, 2.05) is 18.2 Å². The van der Waals surface area contributed by atoms with Gasteiger partial charge in [0.15, 0.2) is 0 Å². The fourth-order valence-electron chi connectivity index (χ4n) is 2.10. The minimum absolute atomic E-state index is 0.0942. The van der Waals surface area contributed by atoms with Crippen molar-refractivity contribution in [3.8, 4) is 5.75 Å². The number of para-hydroxylation sites is 1. The third-order valence-corrected chi connectivity index (χ3v) is 3.19. The second-order valence-electron chi connectivity index (χ2n) is 4.55. The number of hydrogen-bond acceptors (Lipinski definition) is 3.